The Kier molecular flexibility index (Phi) is 5.35. The van der Waals surface area contributed by atoms with Crippen molar-refractivity contribution >= 4 is 22.8 Å². The van der Waals surface area contributed by atoms with Gasteiger partial charge in [-0.05, 0) is 41.8 Å². The van der Waals surface area contributed by atoms with Gasteiger partial charge >= 0.3 is 0 Å². The number of benzene rings is 3. The maximum Gasteiger partial charge on any atom is 0.111 e. The molecule has 0 amide bonds. The summed E-state index contributed by atoms with van der Waals surface area (Å²) in [7, 11) is 0. The molecule has 0 saturated heterocycles. The number of hydrogen-bond donors (Lipinski definition) is 0. The molecule has 150 valence electrons. The Morgan fingerprint density at radius 2 is 1.55 bits per heavy atom. The van der Waals surface area contributed by atoms with E-state index in [4.69, 9.17) is 10.1 Å². The lowest BCUT2D eigenvalue weighted by atomic mass is 10.0. The molecule has 5 aromatic rings. The Labute approximate surface area is 181 Å². The van der Waals surface area contributed by atoms with Gasteiger partial charge in [-0.15, -0.1) is 0 Å². The lowest BCUT2D eigenvalue weighted by Gasteiger charge is -2.05. The SMILES string of the molecule is C(=N\c1ccccc1Cc1ccccc1)/c1nn(Cc2ccccn2)c2ccccc12. The summed E-state index contributed by atoms with van der Waals surface area (Å²) in [5.41, 5.74) is 6.35. The number of fused-ring (bicyclic) bond motifs is 1. The van der Waals surface area contributed by atoms with Crippen molar-refractivity contribution in [3.63, 3.8) is 0 Å². The van der Waals surface area contributed by atoms with Gasteiger partial charge in [0.2, 0.25) is 0 Å². The fraction of sp³-hybridized carbons (Fsp3) is 0.0741. The maximum absolute atomic E-state index is 4.84. The van der Waals surface area contributed by atoms with Crippen LogP contribution in [0.15, 0.2) is 108 Å². The molecule has 0 N–H and O–H groups in total. The van der Waals surface area contributed by atoms with Gasteiger partial charge in [0.15, 0.2) is 0 Å². The molecule has 0 radical (unpaired) electrons. The van der Waals surface area contributed by atoms with Crippen molar-refractivity contribution in [2.75, 3.05) is 0 Å². The summed E-state index contributed by atoms with van der Waals surface area (Å²) in [5.74, 6) is 0. The minimum absolute atomic E-state index is 0.625. The lowest BCUT2D eigenvalue weighted by Crippen LogP contribution is -2.03. The van der Waals surface area contributed by atoms with E-state index >= 15 is 0 Å². The Morgan fingerprint density at radius 3 is 2.42 bits per heavy atom. The van der Waals surface area contributed by atoms with Crippen molar-refractivity contribution < 1.29 is 0 Å². The summed E-state index contributed by atoms with van der Waals surface area (Å²) >= 11 is 0. The maximum atomic E-state index is 4.84. The first kappa shape index (κ1) is 18.9. The van der Waals surface area contributed by atoms with Crippen LogP contribution in [0.4, 0.5) is 5.69 Å². The summed E-state index contributed by atoms with van der Waals surface area (Å²) in [6.07, 6.45) is 4.54. The van der Waals surface area contributed by atoms with Gasteiger partial charge < -0.3 is 0 Å². The smallest absolute Gasteiger partial charge is 0.111 e. The van der Waals surface area contributed by atoms with Crippen molar-refractivity contribution in [3.05, 3.63) is 126 Å². The standard InChI is InChI=1S/C27H22N4/c1-2-10-21(11-3-1)18-22-12-4-6-15-25(22)29-19-26-24-14-5-7-16-27(24)31(30-26)20-23-13-8-9-17-28-23/h1-17,19H,18,20H2/b29-19+. The van der Waals surface area contributed by atoms with Crippen molar-refractivity contribution in [2.45, 2.75) is 13.0 Å². The first-order valence-corrected chi connectivity index (χ1v) is 10.4. The number of pyridine rings is 1. The van der Waals surface area contributed by atoms with Crippen molar-refractivity contribution in [1.82, 2.24) is 14.8 Å². The molecule has 0 bridgehead atoms. The van der Waals surface area contributed by atoms with Crippen LogP contribution in [0.3, 0.4) is 0 Å². The van der Waals surface area contributed by atoms with E-state index in [0.717, 1.165) is 34.4 Å². The van der Waals surface area contributed by atoms with E-state index in [1.165, 1.54) is 11.1 Å². The Balaban J connectivity index is 1.47. The van der Waals surface area contributed by atoms with Crippen LogP contribution in [0.2, 0.25) is 0 Å². The second-order valence-corrected chi connectivity index (χ2v) is 7.43. The van der Waals surface area contributed by atoms with Crippen molar-refractivity contribution in [2.24, 2.45) is 4.99 Å². The summed E-state index contributed by atoms with van der Waals surface area (Å²) in [5, 5.41) is 5.93. The van der Waals surface area contributed by atoms with Gasteiger partial charge in [-0.2, -0.15) is 5.10 Å². The first-order chi connectivity index (χ1) is 15.4. The van der Waals surface area contributed by atoms with Gasteiger partial charge in [0.25, 0.3) is 0 Å². The molecule has 0 aliphatic heterocycles. The van der Waals surface area contributed by atoms with Gasteiger partial charge in [-0.1, -0.05) is 72.8 Å². The Morgan fingerprint density at radius 1 is 0.774 bits per heavy atom. The molecule has 0 spiro atoms. The molecule has 0 unspecified atom stereocenters. The second-order valence-electron chi connectivity index (χ2n) is 7.43. The minimum atomic E-state index is 0.625. The van der Waals surface area contributed by atoms with E-state index in [-0.39, 0.29) is 0 Å². The summed E-state index contributed by atoms with van der Waals surface area (Å²) in [4.78, 5) is 9.27. The average molecular weight is 403 g/mol. The minimum Gasteiger partial charge on any atom is -0.259 e. The van der Waals surface area contributed by atoms with Crippen LogP contribution in [0.25, 0.3) is 10.9 Å². The monoisotopic (exact) mass is 402 g/mol. The molecule has 2 aromatic heterocycles. The van der Waals surface area contributed by atoms with E-state index in [1.807, 2.05) is 59.6 Å². The van der Waals surface area contributed by atoms with Crippen LogP contribution in [0, 0.1) is 0 Å². The summed E-state index contributed by atoms with van der Waals surface area (Å²) in [6, 6.07) is 33.0. The zero-order valence-electron chi connectivity index (χ0n) is 17.1. The molecular formula is C27H22N4. The fourth-order valence-electron chi connectivity index (χ4n) is 3.75. The molecule has 4 nitrogen and oxygen atoms in total. The van der Waals surface area contributed by atoms with Crippen LogP contribution in [0.1, 0.15) is 22.5 Å². The fourth-order valence-corrected chi connectivity index (χ4v) is 3.75. The molecule has 0 saturated carbocycles. The molecule has 0 aliphatic rings. The highest BCUT2D eigenvalue weighted by Crippen LogP contribution is 2.23. The first-order valence-electron chi connectivity index (χ1n) is 10.4. The number of aromatic nitrogens is 3. The zero-order valence-corrected chi connectivity index (χ0v) is 17.1. The highest BCUT2D eigenvalue weighted by atomic mass is 15.3. The number of para-hydroxylation sites is 2. The molecule has 0 atom stereocenters. The van der Waals surface area contributed by atoms with Crippen LogP contribution in [0.5, 0.6) is 0 Å². The molecule has 0 aliphatic carbocycles. The quantitative estimate of drug-likeness (QED) is 0.336. The average Bonchev–Trinajstić information content (AvgIpc) is 3.17. The normalized spacial score (nSPS) is 11.4. The van der Waals surface area contributed by atoms with Gasteiger partial charge in [0, 0.05) is 11.6 Å². The highest BCUT2D eigenvalue weighted by Gasteiger charge is 2.10. The molecule has 4 heteroatoms. The van der Waals surface area contributed by atoms with Crippen molar-refractivity contribution in [3.8, 4) is 0 Å². The van der Waals surface area contributed by atoms with Gasteiger partial charge in [-0.3, -0.25) is 14.7 Å². The third-order valence-corrected chi connectivity index (χ3v) is 5.28. The van der Waals surface area contributed by atoms with E-state index in [9.17, 15) is 0 Å². The molecule has 2 heterocycles. The molecule has 0 fully saturated rings. The largest absolute Gasteiger partial charge is 0.259 e. The second kappa shape index (κ2) is 8.76. The number of nitrogens with zero attached hydrogens (tertiary/aromatic N) is 4. The van der Waals surface area contributed by atoms with E-state index in [0.29, 0.717) is 6.54 Å². The Hall–Kier alpha value is -4.05. The van der Waals surface area contributed by atoms with E-state index in [2.05, 4.69) is 59.6 Å². The van der Waals surface area contributed by atoms with Gasteiger partial charge in [0.1, 0.15) is 5.69 Å². The summed E-state index contributed by atoms with van der Waals surface area (Å²) in [6.45, 7) is 0.625. The number of rotatable bonds is 6. The lowest BCUT2D eigenvalue weighted by molar-refractivity contribution is 0.695. The molecular weight excluding hydrogens is 380 g/mol. The predicted molar refractivity (Wildman–Crippen MR) is 126 cm³/mol. The third kappa shape index (κ3) is 4.28. The molecule has 31 heavy (non-hydrogen) atoms. The topological polar surface area (TPSA) is 43.1 Å². The number of hydrogen-bond acceptors (Lipinski definition) is 3. The van der Waals surface area contributed by atoms with Crippen LogP contribution in [-0.4, -0.2) is 21.0 Å². The van der Waals surface area contributed by atoms with Gasteiger partial charge in [0.05, 0.1) is 29.7 Å². The van der Waals surface area contributed by atoms with E-state index < -0.39 is 0 Å². The predicted octanol–water partition coefficient (Wildman–Crippen LogP) is 5.82. The third-order valence-electron chi connectivity index (χ3n) is 5.28. The van der Waals surface area contributed by atoms with Crippen LogP contribution in [-0.2, 0) is 13.0 Å². The van der Waals surface area contributed by atoms with Crippen LogP contribution < -0.4 is 0 Å². The molecule has 5 rings (SSSR count). The highest BCUT2D eigenvalue weighted by molar-refractivity contribution is 5.97. The molecule has 3 aromatic carbocycles. The van der Waals surface area contributed by atoms with Gasteiger partial charge in [-0.25, -0.2) is 0 Å². The summed E-state index contributed by atoms with van der Waals surface area (Å²) < 4.78 is 1.99. The zero-order chi connectivity index (χ0) is 20.9. The van der Waals surface area contributed by atoms with E-state index in [1.54, 1.807) is 0 Å². The van der Waals surface area contributed by atoms with Crippen molar-refractivity contribution in [1.29, 1.82) is 0 Å². The van der Waals surface area contributed by atoms with Crippen LogP contribution >= 0.6 is 0 Å². The Bertz CT molecular complexity index is 1320. The number of aliphatic imine (C=N–C) groups is 1.